The predicted molar refractivity (Wildman–Crippen MR) is 148 cm³/mol. The Bertz CT molecular complexity index is 1470. The molecule has 1 amide bonds. The maximum Gasteiger partial charge on any atom is 0.351 e. The zero-order chi connectivity index (χ0) is 27.4. The van der Waals surface area contributed by atoms with E-state index in [1.54, 1.807) is 37.4 Å². The number of aryl methyl sites for hydroxylation is 1. The van der Waals surface area contributed by atoms with E-state index in [2.05, 4.69) is 27.1 Å². The minimum Gasteiger partial charge on any atom is -0.368 e. The van der Waals surface area contributed by atoms with Crippen LogP contribution in [0.1, 0.15) is 53.6 Å². The monoisotopic (exact) mass is 562 g/mol. The highest BCUT2D eigenvalue weighted by Gasteiger charge is 2.63. The fraction of sp³-hybridized carbons (Fsp3) is 0.414. The third kappa shape index (κ3) is 4.40. The van der Waals surface area contributed by atoms with E-state index in [0.717, 1.165) is 24.9 Å². The average molecular weight is 563 g/mol. The van der Waals surface area contributed by atoms with Crippen LogP contribution in [0.5, 0.6) is 0 Å². The molecule has 1 unspecified atom stereocenters. The molecular weight excluding hydrogens is 531 g/mol. The molecule has 1 aromatic heterocycles. The summed E-state index contributed by atoms with van der Waals surface area (Å²) in [7, 11) is -1.32. The van der Waals surface area contributed by atoms with Gasteiger partial charge in [0, 0.05) is 29.9 Å². The number of carbonyl (C=O) groups excluding carboxylic acids is 1. The highest BCUT2D eigenvalue weighted by molar-refractivity contribution is 7.45. The number of nitrogens with one attached hydrogen (secondary N) is 1. The molecular formula is C29H31N4O6P. The lowest BCUT2D eigenvalue weighted by Crippen LogP contribution is -2.39. The summed E-state index contributed by atoms with van der Waals surface area (Å²) >= 11 is 0. The molecule has 2 bridgehead atoms. The van der Waals surface area contributed by atoms with Crippen molar-refractivity contribution in [2.45, 2.75) is 62.9 Å². The smallest absolute Gasteiger partial charge is 0.351 e. The van der Waals surface area contributed by atoms with E-state index < -0.39 is 38.3 Å². The first-order valence-corrected chi connectivity index (χ1v) is 14.8. The van der Waals surface area contributed by atoms with Crippen molar-refractivity contribution >= 4 is 20.3 Å². The van der Waals surface area contributed by atoms with Gasteiger partial charge in [0.2, 0.25) is 0 Å². The summed E-state index contributed by atoms with van der Waals surface area (Å²) in [5.74, 6) is -0.116. The standard InChI is InChI=1S/C29H31N4O6P/c1-18-16-32(28(35)31-25(18)30-26(34)20-12-7-4-8-13-20)27-23-24(29(2,37-27)17-36-23)39-40-33-15-9-14-21(33)22(38-40)19-10-5-3-6-11-19/h3-8,10-13,16,21-24,27H,9,14-15,17H2,1-2H3,(H,30,31,34,35)/t21-,22+,23-,24?,27+,29-,40+/m0/s1. The predicted octanol–water partition coefficient (Wildman–Crippen LogP) is 4.34. The van der Waals surface area contributed by atoms with Crippen molar-refractivity contribution in [3.63, 3.8) is 0 Å². The number of rotatable bonds is 6. The van der Waals surface area contributed by atoms with Crippen LogP contribution in [-0.2, 0) is 18.5 Å². The fourth-order valence-electron chi connectivity index (χ4n) is 6.11. The van der Waals surface area contributed by atoms with Crippen LogP contribution in [0.4, 0.5) is 5.82 Å². The van der Waals surface area contributed by atoms with E-state index in [1.165, 1.54) is 4.57 Å². The third-order valence-corrected chi connectivity index (χ3v) is 9.91. The molecule has 2 aromatic carbocycles. The number of anilines is 1. The topological polar surface area (TPSA) is 104 Å². The number of aromatic nitrogens is 2. The Morgan fingerprint density at radius 2 is 1.90 bits per heavy atom. The van der Waals surface area contributed by atoms with Gasteiger partial charge in [0.1, 0.15) is 29.7 Å². The maximum absolute atomic E-state index is 13.2. The van der Waals surface area contributed by atoms with E-state index in [4.69, 9.17) is 18.5 Å². The van der Waals surface area contributed by atoms with Gasteiger partial charge in [0.15, 0.2) is 6.23 Å². The van der Waals surface area contributed by atoms with E-state index in [9.17, 15) is 9.59 Å². The second kappa shape index (κ2) is 10.1. The molecule has 4 fully saturated rings. The second-order valence-electron chi connectivity index (χ2n) is 11.0. The molecule has 3 aromatic rings. The lowest BCUT2D eigenvalue weighted by atomic mass is 10.0. The average Bonchev–Trinajstić information content (AvgIpc) is 3.71. The van der Waals surface area contributed by atoms with Crippen LogP contribution in [0.15, 0.2) is 71.7 Å². The molecule has 4 aliphatic heterocycles. The molecule has 10 nitrogen and oxygen atoms in total. The van der Waals surface area contributed by atoms with Gasteiger partial charge >= 0.3 is 5.69 Å². The fourth-order valence-corrected chi connectivity index (χ4v) is 8.18. The Kier molecular flexibility index (Phi) is 6.58. The number of fused-ring (bicyclic) bond motifs is 3. The minimum absolute atomic E-state index is 0.0348. The Balaban J connectivity index is 1.10. The van der Waals surface area contributed by atoms with Crippen LogP contribution in [0.2, 0.25) is 0 Å². The van der Waals surface area contributed by atoms with Crippen molar-refractivity contribution < 1.29 is 23.3 Å². The molecule has 0 spiro atoms. The Morgan fingerprint density at radius 1 is 1.15 bits per heavy atom. The van der Waals surface area contributed by atoms with Crippen LogP contribution in [0.3, 0.4) is 0 Å². The molecule has 0 saturated carbocycles. The number of nitrogens with zero attached hydrogens (tertiary/aromatic N) is 3. The lowest BCUT2D eigenvalue weighted by molar-refractivity contribution is -0.167. The van der Waals surface area contributed by atoms with Gasteiger partial charge in [-0.2, -0.15) is 4.98 Å². The van der Waals surface area contributed by atoms with Crippen LogP contribution in [0, 0.1) is 6.92 Å². The van der Waals surface area contributed by atoms with Crippen molar-refractivity contribution in [3.8, 4) is 0 Å². The summed E-state index contributed by atoms with van der Waals surface area (Å²) in [4.78, 5) is 30.0. The summed E-state index contributed by atoms with van der Waals surface area (Å²) in [6.45, 7) is 5.04. The molecule has 0 aliphatic carbocycles. The summed E-state index contributed by atoms with van der Waals surface area (Å²) in [6.07, 6.45) is 2.17. The van der Waals surface area contributed by atoms with Crippen molar-refractivity contribution in [1.29, 1.82) is 0 Å². The Morgan fingerprint density at radius 3 is 2.67 bits per heavy atom. The summed E-state index contributed by atoms with van der Waals surface area (Å²) in [6, 6.07) is 19.4. The number of amides is 1. The molecule has 40 heavy (non-hydrogen) atoms. The molecule has 7 rings (SSSR count). The molecule has 4 aliphatic rings. The van der Waals surface area contributed by atoms with E-state index in [-0.39, 0.29) is 23.9 Å². The van der Waals surface area contributed by atoms with Crippen LogP contribution in [0.25, 0.3) is 0 Å². The molecule has 11 heteroatoms. The SMILES string of the molecule is Cc1cn([C@@H]2O[C@@]3(C)CO[C@H]2C3O[P@@]2O[C@H](c3ccccc3)[C@@H]3CCCN32)c(=O)nc1NC(=O)c1ccccc1. The first kappa shape index (κ1) is 26.0. The Hall–Kier alpha value is -2.98. The van der Waals surface area contributed by atoms with Crippen molar-refractivity contribution in [2.24, 2.45) is 0 Å². The summed E-state index contributed by atoms with van der Waals surface area (Å²) in [5.41, 5.74) is 0.994. The quantitative estimate of drug-likeness (QED) is 0.443. The van der Waals surface area contributed by atoms with Gasteiger partial charge in [-0.05, 0) is 44.4 Å². The van der Waals surface area contributed by atoms with Crippen molar-refractivity contribution in [1.82, 2.24) is 14.2 Å². The van der Waals surface area contributed by atoms with E-state index in [0.29, 0.717) is 17.7 Å². The van der Waals surface area contributed by atoms with Gasteiger partial charge in [0.25, 0.3) is 14.4 Å². The maximum atomic E-state index is 13.2. The Labute approximate surface area is 233 Å². The molecule has 208 valence electrons. The van der Waals surface area contributed by atoms with Gasteiger partial charge in [-0.3, -0.25) is 9.36 Å². The lowest BCUT2D eigenvalue weighted by Gasteiger charge is -2.29. The van der Waals surface area contributed by atoms with Gasteiger partial charge in [-0.25, -0.2) is 9.46 Å². The molecule has 0 radical (unpaired) electrons. The zero-order valence-electron chi connectivity index (χ0n) is 22.3. The van der Waals surface area contributed by atoms with Gasteiger partial charge in [-0.15, -0.1) is 0 Å². The highest BCUT2D eigenvalue weighted by atomic mass is 31.2. The molecule has 7 atom stereocenters. The van der Waals surface area contributed by atoms with E-state index >= 15 is 0 Å². The van der Waals surface area contributed by atoms with E-state index in [1.807, 2.05) is 31.2 Å². The van der Waals surface area contributed by atoms with Gasteiger partial charge in [-0.1, -0.05) is 48.5 Å². The number of benzene rings is 2. The first-order chi connectivity index (χ1) is 19.4. The highest BCUT2D eigenvalue weighted by Crippen LogP contribution is 2.63. The summed E-state index contributed by atoms with van der Waals surface area (Å²) in [5, 5.41) is 2.74. The van der Waals surface area contributed by atoms with Crippen LogP contribution >= 0.6 is 8.53 Å². The number of ether oxygens (including phenoxy) is 2. The number of hydrogen-bond acceptors (Lipinski definition) is 8. The third-order valence-electron chi connectivity index (χ3n) is 8.18. The van der Waals surface area contributed by atoms with Gasteiger partial charge < -0.3 is 23.8 Å². The molecule has 1 N–H and O–H groups in total. The minimum atomic E-state index is -1.32. The second-order valence-corrected chi connectivity index (χ2v) is 12.4. The van der Waals surface area contributed by atoms with Crippen molar-refractivity contribution in [3.05, 3.63) is 94.0 Å². The zero-order valence-corrected chi connectivity index (χ0v) is 23.2. The summed E-state index contributed by atoms with van der Waals surface area (Å²) < 4.78 is 29.6. The molecule has 5 heterocycles. The largest absolute Gasteiger partial charge is 0.368 e. The first-order valence-electron chi connectivity index (χ1n) is 13.6. The molecule has 4 saturated heterocycles. The van der Waals surface area contributed by atoms with Crippen molar-refractivity contribution in [2.75, 3.05) is 18.5 Å². The van der Waals surface area contributed by atoms with Crippen LogP contribution in [-0.4, -0.2) is 57.1 Å². The van der Waals surface area contributed by atoms with Gasteiger partial charge in [0.05, 0.1) is 6.61 Å². The normalized spacial score (nSPS) is 32.9. The number of carbonyl (C=O) groups is 1. The number of hydrogen-bond donors (Lipinski definition) is 1. The van der Waals surface area contributed by atoms with Crippen LogP contribution < -0.4 is 11.0 Å².